The molecule has 1 atom stereocenters. The second-order valence-electron chi connectivity index (χ2n) is 4.40. The summed E-state index contributed by atoms with van der Waals surface area (Å²) < 4.78 is 30.5. The lowest BCUT2D eigenvalue weighted by Gasteiger charge is -2.16. The van der Waals surface area contributed by atoms with Crippen molar-refractivity contribution in [2.45, 2.75) is 25.3 Å². The highest BCUT2D eigenvalue weighted by Gasteiger charge is 2.22. The second kappa shape index (κ2) is 8.14. The Kier molecular flexibility index (Phi) is 6.52. The van der Waals surface area contributed by atoms with Gasteiger partial charge in [-0.1, -0.05) is 6.08 Å². The van der Waals surface area contributed by atoms with Crippen molar-refractivity contribution in [3.63, 3.8) is 0 Å². The third-order valence-electron chi connectivity index (χ3n) is 2.87. The molecule has 1 rings (SSSR count). The van der Waals surface area contributed by atoms with Gasteiger partial charge < -0.3 is 10.1 Å². The van der Waals surface area contributed by atoms with Gasteiger partial charge in [-0.15, -0.1) is 6.58 Å². The molecule has 6 heteroatoms. The van der Waals surface area contributed by atoms with E-state index in [1.54, 1.807) is 6.08 Å². The number of halogens is 2. The van der Waals surface area contributed by atoms with Crippen molar-refractivity contribution in [3.8, 4) is 0 Å². The van der Waals surface area contributed by atoms with Gasteiger partial charge in [0.15, 0.2) is 11.6 Å². The molecule has 1 amide bonds. The van der Waals surface area contributed by atoms with Gasteiger partial charge in [0.25, 0.3) is 5.91 Å². The largest absolute Gasteiger partial charge is 0.467 e. The molecule has 114 valence electrons. The van der Waals surface area contributed by atoms with Crippen LogP contribution in [0.2, 0.25) is 0 Å². The highest BCUT2D eigenvalue weighted by molar-refractivity contribution is 5.96. The predicted molar refractivity (Wildman–Crippen MR) is 73.7 cm³/mol. The van der Waals surface area contributed by atoms with Crippen LogP contribution in [0, 0.1) is 11.6 Å². The molecule has 4 nitrogen and oxygen atoms in total. The minimum atomic E-state index is -1.12. The number of hydrogen-bond acceptors (Lipinski definition) is 3. The Morgan fingerprint density at radius 1 is 1.38 bits per heavy atom. The average molecular weight is 297 g/mol. The molecule has 0 saturated carbocycles. The van der Waals surface area contributed by atoms with Crippen LogP contribution in [-0.2, 0) is 9.53 Å². The van der Waals surface area contributed by atoms with Gasteiger partial charge >= 0.3 is 5.97 Å². The Bertz CT molecular complexity index is 532. The maximum Gasteiger partial charge on any atom is 0.328 e. The molecule has 0 heterocycles. The van der Waals surface area contributed by atoms with Crippen molar-refractivity contribution in [1.82, 2.24) is 5.32 Å². The van der Waals surface area contributed by atoms with Crippen LogP contribution in [0.25, 0.3) is 0 Å². The van der Waals surface area contributed by atoms with Crippen LogP contribution in [0.5, 0.6) is 0 Å². The normalized spacial score (nSPS) is 11.6. The molecule has 0 spiro atoms. The molecule has 0 saturated heterocycles. The molecule has 0 aliphatic carbocycles. The van der Waals surface area contributed by atoms with E-state index in [0.29, 0.717) is 19.3 Å². The summed E-state index contributed by atoms with van der Waals surface area (Å²) in [5.74, 6) is -3.41. The number of methoxy groups -OCH3 is 1. The Balaban J connectivity index is 2.76. The molecule has 1 aromatic carbocycles. The van der Waals surface area contributed by atoms with Crippen molar-refractivity contribution < 1.29 is 23.1 Å². The topological polar surface area (TPSA) is 55.4 Å². The molecule has 0 unspecified atom stereocenters. The molecule has 0 aliphatic heterocycles. The maximum absolute atomic E-state index is 13.1. The molecule has 0 aliphatic rings. The number of rotatable bonds is 7. The fraction of sp³-hybridized carbons (Fsp3) is 0.333. The van der Waals surface area contributed by atoms with Crippen molar-refractivity contribution in [2.24, 2.45) is 0 Å². The highest BCUT2D eigenvalue weighted by Crippen LogP contribution is 2.10. The summed E-state index contributed by atoms with van der Waals surface area (Å²) >= 11 is 0. The molecule has 0 aromatic heterocycles. The van der Waals surface area contributed by atoms with Gasteiger partial charge in [0.05, 0.1) is 7.11 Å². The smallest absolute Gasteiger partial charge is 0.328 e. The number of allylic oxidation sites excluding steroid dienone is 1. The number of ether oxygens (including phenoxy) is 1. The number of unbranched alkanes of at least 4 members (excludes halogenated alkanes) is 1. The average Bonchev–Trinajstić information content (AvgIpc) is 2.48. The molecule has 0 bridgehead atoms. The van der Waals surface area contributed by atoms with Crippen LogP contribution >= 0.6 is 0 Å². The number of benzene rings is 1. The summed E-state index contributed by atoms with van der Waals surface area (Å²) in [6.45, 7) is 3.57. The third kappa shape index (κ3) is 4.98. The lowest BCUT2D eigenvalue weighted by molar-refractivity contribution is -0.143. The first kappa shape index (κ1) is 16.8. The van der Waals surface area contributed by atoms with Gasteiger partial charge in [-0.3, -0.25) is 4.79 Å². The molecule has 1 N–H and O–H groups in total. The number of esters is 1. The summed E-state index contributed by atoms with van der Waals surface area (Å²) in [5, 5.41) is 2.45. The van der Waals surface area contributed by atoms with Crippen LogP contribution in [-0.4, -0.2) is 25.0 Å². The number of carbonyl (C=O) groups is 2. The lowest BCUT2D eigenvalue weighted by atomic mass is 10.1. The molecule has 0 fully saturated rings. The van der Waals surface area contributed by atoms with Crippen LogP contribution in [0.1, 0.15) is 29.6 Å². The first-order valence-corrected chi connectivity index (χ1v) is 6.44. The SMILES string of the molecule is C=CCCC[C@H](NC(=O)c1ccc(F)c(F)c1)C(=O)OC. The first-order chi connectivity index (χ1) is 9.99. The van der Waals surface area contributed by atoms with E-state index in [2.05, 4.69) is 16.6 Å². The summed E-state index contributed by atoms with van der Waals surface area (Å²) in [6.07, 6.45) is 3.40. The predicted octanol–water partition coefficient (Wildman–Crippen LogP) is 2.59. The van der Waals surface area contributed by atoms with E-state index in [1.165, 1.54) is 7.11 Å². The molecule has 0 radical (unpaired) electrons. The molecular weight excluding hydrogens is 280 g/mol. The van der Waals surface area contributed by atoms with E-state index in [4.69, 9.17) is 0 Å². The van der Waals surface area contributed by atoms with Crippen molar-refractivity contribution in [2.75, 3.05) is 7.11 Å². The van der Waals surface area contributed by atoms with E-state index in [0.717, 1.165) is 18.2 Å². The van der Waals surface area contributed by atoms with E-state index in [9.17, 15) is 18.4 Å². The molecule has 1 aromatic rings. The van der Waals surface area contributed by atoms with Gasteiger partial charge in [-0.25, -0.2) is 13.6 Å². The number of hydrogen-bond donors (Lipinski definition) is 1. The van der Waals surface area contributed by atoms with Gasteiger partial charge in [-0.2, -0.15) is 0 Å². The zero-order valence-corrected chi connectivity index (χ0v) is 11.7. The standard InChI is InChI=1S/C15H17F2NO3/c1-3-4-5-6-13(15(20)21-2)18-14(19)10-7-8-11(16)12(17)9-10/h3,7-9,13H,1,4-6H2,2H3,(H,18,19)/t13-/m0/s1. The molecule has 21 heavy (non-hydrogen) atoms. The van der Waals surface area contributed by atoms with Gasteiger partial charge in [-0.05, 0) is 37.5 Å². The van der Waals surface area contributed by atoms with E-state index < -0.39 is 29.6 Å². The third-order valence-corrected chi connectivity index (χ3v) is 2.87. The van der Waals surface area contributed by atoms with Gasteiger partial charge in [0.1, 0.15) is 6.04 Å². The van der Waals surface area contributed by atoms with Crippen LogP contribution in [0.3, 0.4) is 0 Å². The van der Waals surface area contributed by atoms with E-state index in [1.807, 2.05) is 0 Å². The highest BCUT2D eigenvalue weighted by atomic mass is 19.2. The summed E-state index contributed by atoms with van der Waals surface area (Å²) in [4.78, 5) is 23.5. The van der Waals surface area contributed by atoms with E-state index in [-0.39, 0.29) is 5.56 Å². The van der Waals surface area contributed by atoms with Crippen LogP contribution < -0.4 is 5.32 Å². The fourth-order valence-electron chi connectivity index (χ4n) is 1.74. The minimum Gasteiger partial charge on any atom is -0.467 e. The van der Waals surface area contributed by atoms with Gasteiger partial charge in [0, 0.05) is 5.56 Å². The minimum absolute atomic E-state index is 0.0634. The van der Waals surface area contributed by atoms with Crippen LogP contribution in [0.15, 0.2) is 30.9 Å². The number of carbonyl (C=O) groups excluding carboxylic acids is 2. The fourth-order valence-corrected chi connectivity index (χ4v) is 1.74. The summed E-state index contributed by atoms with van der Waals surface area (Å²) in [6, 6.07) is 1.94. The van der Waals surface area contributed by atoms with Crippen molar-refractivity contribution >= 4 is 11.9 Å². The summed E-state index contributed by atoms with van der Waals surface area (Å²) in [5.41, 5.74) is -0.0634. The van der Waals surface area contributed by atoms with Crippen molar-refractivity contribution in [1.29, 1.82) is 0 Å². The lowest BCUT2D eigenvalue weighted by Crippen LogP contribution is -2.41. The quantitative estimate of drug-likeness (QED) is 0.478. The monoisotopic (exact) mass is 297 g/mol. The maximum atomic E-state index is 13.1. The number of amides is 1. The zero-order chi connectivity index (χ0) is 15.8. The van der Waals surface area contributed by atoms with Gasteiger partial charge in [0.2, 0.25) is 0 Å². The van der Waals surface area contributed by atoms with Crippen molar-refractivity contribution in [3.05, 3.63) is 48.1 Å². The first-order valence-electron chi connectivity index (χ1n) is 6.44. The second-order valence-corrected chi connectivity index (χ2v) is 4.40. The molecular formula is C15H17F2NO3. The summed E-state index contributed by atoms with van der Waals surface area (Å²) in [7, 11) is 1.21. The van der Waals surface area contributed by atoms with E-state index >= 15 is 0 Å². The Hall–Kier alpha value is -2.24. The zero-order valence-electron chi connectivity index (χ0n) is 11.7. The number of nitrogens with one attached hydrogen (secondary N) is 1. The Labute approximate surface area is 121 Å². The van der Waals surface area contributed by atoms with Crippen LogP contribution in [0.4, 0.5) is 8.78 Å². The Morgan fingerprint density at radius 3 is 2.67 bits per heavy atom. The Morgan fingerprint density at radius 2 is 2.10 bits per heavy atom.